The number of amides is 2. The summed E-state index contributed by atoms with van der Waals surface area (Å²) < 4.78 is 68.7. The summed E-state index contributed by atoms with van der Waals surface area (Å²) in [6.45, 7) is 5.30. The summed E-state index contributed by atoms with van der Waals surface area (Å²) in [5.41, 5.74) is -0.623. The number of imidazole rings is 1. The van der Waals surface area contributed by atoms with Gasteiger partial charge in [0.15, 0.2) is 5.69 Å². The highest BCUT2D eigenvalue weighted by molar-refractivity contribution is 7.89. The molecule has 1 aliphatic heterocycles. The molecule has 2 aromatic carbocycles. The second-order valence-electron chi connectivity index (χ2n) is 10.5. The Kier molecular flexibility index (Phi) is 7.83. The zero-order chi connectivity index (χ0) is 29.5. The SMILES string of the molecule is CNC(=O)C(NC(=O)c1nc(-c2ccccc2)n2c1CN(S(=O)(=O)c1ccc(C(F)(F)F)cc1)CC2)C(C)(C)C. The number of sulfonamides is 1. The van der Waals surface area contributed by atoms with Gasteiger partial charge < -0.3 is 15.2 Å². The van der Waals surface area contributed by atoms with Gasteiger partial charge in [-0.15, -0.1) is 0 Å². The Balaban J connectivity index is 1.73. The first-order valence-electron chi connectivity index (χ1n) is 12.5. The lowest BCUT2D eigenvalue weighted by molar-refractivity contribution is -0.137. The molecule has 0 aliphatic carbocycles. The second-order valence-corrected chi connectivity index (χ2v) is 12.4. The highest BCUT2D eigenvalue weighted by Gasteiger charge is 2.37. The molecule has 2 heterocycles. The quantitative estimate of drug-likeness (QED) is 0.464. The lowest BCUT2D eigenvalue weighted by Gasteiger charge is -2.30. The van der Waals surface area contributed by atoms with Gasteiger partial charge in [0.05, 0.1) is 22.7 Å². The fourth-order valence-corrected chi connectivity index (χ4v) is 5.92. The molecule has 9 nitrogen and oxygen atoms in total. The van der Waals surface area contributed by atoms with E-state index in [1.54, 1.807) is 25.3 Å². The third kappa shape index (κ3) is 5.75. The molecule has 2 N–H and O–H groups in total. The van der Waals surface area contributed by atoms with Gasteiger partial charge in [-0.25, -0.2) is 13.4 Å². The molecule has 4 rings (SSSR count). The minimum absolute atomic E-state index is 0.0104. The van der Waals surface area contributed by atoms with Crippen LogP contribution >= 0.6 is 0 Å². The molecular weight excluding hydrogens is 547 g/mol. The Morgan fingerprint density at radius 3 is 2.15 bits per heavy atom. The number of benzene rings is 2. The molecule has 40 heavy (non-hydrogen) atoms. The van der Waals surface area contributed by atoms with Crippen LogP contribution in [0.5, 0.6) is 0 Å². The van der Waals surface area contributed by atoms with Crippen molar-refractivity contribution in [3.8, 4) is 11.4 Å². The van der Waals surface area contributed by atoms with E-state index in [1.807, 2.05) is 30.3 Å². The van der Waals surface area contributed by atoms with Crippen molar-refractivity contribution in [3.05, 3.63) is 71.5 Å². The molecule has 1 aromatic heterocycles. The topological polar surface area (TPSA) is 113 Å². The number of carbonyl (C=O) groups excluding carboxylic acids is 2. The predicted octanol–water partition coefficient (Wildman–Crippen LogP) is 3.66. The molecule has 2 amide bonds. The van der Waals surface area contributed by atoms with E-state index in [0.717, 1.165) is 28.6 Å². The van der Waals surface area contributed by atoms with Crippen LogP contribution < -0.4 is 10.6 Å². The first-order chi connectivity index (χ1) is 18.6. The van der Waals surface area contributed by atoms with Crippen molar-refractivity contribution in [2.24, 2.45) is 5.41 Å². The van der Waals surface area contributed by atoms with Crippen LogP contribution in [0.25, 0.3) is 11.4 Å². The molecule has 0 radical (unpaired) electrons. The predicted molar refractivity (Wildman–Crippen MR) is 141 cm³/mol. The molecule has 1 atom stereocenters. The number of halogens is 3. The van der Waals surface area contributed by atoms with Gasteiger partial charge in [-0.1, -0.05) is 51.1 Å². The number of likely N-dealkylation sites (N-methyl/N-ethyl adjacent to an activating group) is 1. The number of nitrogens with one attached hydrogen (secondary N) is 2. The molecule has 0 fully saturated rings. The molecule has 214 valence electrons. The highest BCUT2D eigenvalue weighted by Crippen LogP contribution is 2.32. The van der Waals surface area contributed by atoms with E-state index in [0.29, 0.717) is 17.1 Å². The zero-order valence-electron chi connectivity index (χ0n) is 22.4. The number of fused-ring (bicyclic) bond motifs is 1. The van der Waals surface area contributed by atoms with Gasteiger partial charge >= 0.3 is 6.18 Å². The van der Waals surface area contributed by atoms with E-state index >= 15 is 0 Å². The fraction of sp³-hybridized carbons (Fsp3) is 0.370. The molecule has 0 saturated carbocycles. The van der Waals surface area contributed by atoms with Crippen molar-refractivity contribution < 1.29 is 31.2 Å². The molecule has 0 bridgehead atoms. The zero-order valence-corrected chi connectivity index (χ0v) is 23.2. The smallest absolute Gasteiger partial charge is 0.357 e. The number of hydrogen-bond acceptors (Lipinski definition) is 5. The molecule has 1 aliphatic rings. The molecule has 1 unspecified atom stereocenters. The molecule has 13 heteroatoms. The number of rotatable bonds is 6. The van der Waals surface area contributed by atoms with Gasteiger partial charge in [-0.05, 0) is 29.7 Å². The average Bonchev–Trinajstić information content (AvgIpc) is 3.30. The summed E-state index contributed by atoms with van der Waals surface area (Å²) in [6.07, 6.45) is -4.60. The van der Waals surface area contributed by atoms with Gasteiger partial charge in [0, 0.05) is 25.7 Å². The Morgan fingerprint density at radius 2 is 1.60 bits per heavy atom. The molecule has 0 spiro atoms. The lowest BCUT2D eigenvalue weighted by Crippen LogP contribution is -2.53. The maximum absolute atomic E-state index is 13.6. The normalized spacial score (nSPS) is 15.3. The fourth-order valence-electron chi connectivity index (χ4n) is 4.52. The molecule has 0 saturated heterocycles. The van der Waals surface area contributed by atoms with Crippen LogP contribution in [0.1, 0.15) is 42.5 Å². The van der Waals surface area contributed by atoms with E-state index < -0.39 is 45.0 Å². The van der Waals surface area contributed by atoms with Gasteiger partial charge in [-0.2, -0.15) is 17.5 Å². The van der Waals surface area contributed by atoms with E-state index in [9.17, 15) is 31.2 Å². The first-order valence-corrected chi connectivity index (χ1v) is 13.9. The van der Waals surface area contributed by atoms with E-state index in [2.05, 4.69) is 15.6 Å². The van der Waals surface area contributed by atoms with Crippen LogP contribution in [0.3, 0.4) is 0 Å². The van der Waals surface area contributed by atoms with Crippen molar-refractivity contribution in [1.82, 2.24) is 24.5 Å². The van der Waals surface area contributed by atoms with Crippen LogP contribution in [-0.2, 0) is 34.1 Å². The van der Waals surface area contributed by atoms with Crippen LogP contribution in [0.2, 0.25) is 0 Å². The standard InChI is InChI=1S/C27H30F3N5O4S/c1-26(2,3)22(25(37)31-4)33-24(36)21-20-16-34(14-15-35(20)23(32-21)17-8-6-5-7-9-17)40(38,39)19-12-10-18(11-13-19)27(28,29)30/h5-13,22H,14-16H2,1-4H3,(H,31,37)(H,33,36). The number of alkyl halides is 3. The highest BCUT2D eigenvalue weighted by atomic mass is 32.2. The Labute approximate surface area is 230 Å². The number of nitrogens with zero attached hydrogens (tertiary/aromatic N) is 3. The lowest BCUT2D eigenvalue weighted by atomic mass is 9.86. The summed E-state index contributed by atoms with van der Waals surface area (Å²) in [6, 6.07) is 11.4. The van der Waals surface area contributed by atoms with Gasteiger partial charge in [-0.3, -0.25) is 9.59 Å². The number of aromatic nitrogens is 2. The van der Waals surface area contributed by atoms with Gasteiger partial charge in [0.1, 0.15) is 11.9 Å². The average molecular weight is 578 g/mol. The third-order valence-electron chi connectivity index (χ3n) is 6.69. The summed E-state index contributed by atoms with van der Waals surface area (Å²) in [7, 11) is -2.74. The van der Waals surface area contributed by atoms with Crippen LogP contribution in [0.15, 0.2) is 59.5 Å². The minimum atomic E-state index is -4.60. The maximum Gasteiger partial charge on any atom is 0.416 e. The van der Waals surface area contributed by atoms with Crippen molar-refractivity contribution >= 4 is 21.8 Å². The van der Waals surface area contributed by atoms with Gasteiger partial charge in [0.2, 0.25) is 15.9 Å². The largest absolute Gasteiger partial charge is 0.416 e. The number of hydrogen-bond donors (Lipinski definition) is 2. The maximum atomic E-state index is 13.6. The summed E-state index contributed by atoms with van der Waals surface area (Å²) >= 11 is 0. The number of carbonyl (C=O) groups is 2. The molecular formula is C27H30F3N5O4S. The van der Waals surface area contributed by atoms with E-state index in [4.69, 9.17) is 0 Å². The second kappa shape index (κ2) is 10.7. The monoisotopic (exact) mass is 577 g/mol. The Morgan fingerprint density at radius 1 is 0.975 bits per heavy atom. The van der Waals surface area contributed by atoms with Crippen LogP contribution in [0.4, 0.5) is 13.2 Å². The Hall–Kier alpha value is -3.71. The molecule has 3 aromatic rings. The Bertz CT molecular complexity index is 1510. The van der Waals surface area contributed by atoms with E-state index in [-0.39, 0.29) is 30.2 Å². The van der Waals surface area contributed by atoms with Crippen molar-refractivity contribution in [3.63, 3.8) is 0 Å². The van der Waals surface area contributed by atoms with Crippen molar-refractivity contribution in [1.29, 1.82) is 0 Å². The van der Waals surface area contributed by atoms with Crippen molar-refractivity contribution in [2.75, 3.05) is 13.6 Å². The van der Waals surface area contributed by atoms with Crippen LogP contribution in [-0.4, -0.2) is 53.7 Å². The van der Waals surface area contributed by atoms with E-state index in [1.165, 1.54) is 7.05 Å². The minimum Gasteiger partial charge on any atom is -0.357 e. The van der Waals surface area contributed by atoms with Gasteiger partial charge in [0.25, 0.3) is 5.91 Å². The van der Waals surface area contributed by atoms with Crippen LogP contribution in [0, 0.1) is 5.41 Å². The first kappa shape index (κ1) is 29.3. The summed E-state index contributed by atoms with van der Waals surface area (Å²) in [5.74, 6) is -0.591. The summed E-state index contributed by atoms with van der Waals surface area (Å²) in [4.78, 5) is 30.4. The third-order valence-corrected chi connectivity index (χ3v) is 8.55. The summed E-state index contributed by atoms with van der Waals surface area (Å²) in [5, 5.41) is 5.29. The van der Waals surface area contributed by atoms with Crippen molar-refractivity contribution in [2.45, 2.75) is 51.0 Å².